The number of nitrogens with zero attached hydrogens (tertiary/aromatic N) is 1. The quantitative estimate of drug-likeness (QED) is 0.756. The van der Waals surface area contributed by atoms with Crippen LogP contribution >= 0.6 is 11.6 Å². The first-order chi connectivity index (χ1) is 10.9. The Morgan fingerprint density at radius 1 is 1.09 bits per heavy atom. The summed E-state index contributed by atoms with van der Waals surface area (Å²) in [4.78, 5) is 16.5. The van der Waals surface area contributed by atoms with Crippen LogP contribution in [0.1, 0.15) is 5.56 Å². The van der Waals surface area contributed by atoms with Gasteiger partial charge in [-0.15, -0.1) is 0 Å². The number of hydrogen-bond acceptors (Lipinski definition) is 3. The van der Waals surface area contributed by atoms with Crippen molar-refractivity contribution >= 4 is 32.7 Å². The number of hydrogen-bond donors (Lipinski definition) is 2. The van der Waals surface area contributed by atoms with Crippen LogP contribution in [0.25, 0.3) is 11.0 Å². The fraction of sp³-hybridized carbons (Fsp3) is 0.133. The summed E-state index contributed by atoms with van der Waals surface area (Å²) in [6, 6.07) is 11.5. The Morgan fingerprint density at radius 2 is 1.83 bits per heavy atom. The van der Waals surface area contributed by atoms with E-state index in [1.54, 1.807) is 24.3 Å². The van der Waals surface area contributed by atoms with Crippen molar-refractivity contribution in [2.24, 2.45) is 0 Å². The van der Waals surface area contributed by atoms with Gasteiger partial charge in [0.05, 0.1) is 15.9 Å². The second kappa shape index (κ2) is 5.84. The number of fused-ring (bicyclic) bond motifs is 1. The lowest BCUT2D eigenvalue weighted by Crippen LogP contribution is -2.26. The standard InChI is InChI=1S/C15H14ClN3O3S/c1-19(9-10-3-2-4-11(16)7-10)23(21,22)12-5-6-13-14(8-12)18-15(20)17-13/h2-8H,9H2,1H3,(H2,17,18,20). The van der Waals surface area contributed by atoms with Gasteiger partial charge < -0.3 is 9.97 Å². The molecule has 0 saturated carbocycles. The van der Waals surface area contributed by atoms with Crippen molar-refractivity contribution in [2.45, 2.75) is 11.4 Å². The molecule has 1 aromatic heterocycles. The van der Waals surface area contributed by atoms with Gasteiger partial charge in [0.15, 0.2) is 0 Å². The summed E-state index contributed by atoms with van der Waals surface area (Å²) in [5.41, 5.74) is 1.43. The maximum absolute atomic E-state index is 12.7. The number of sulfonamides is 1. The Bertz CT molecular complexity index is 1020. The van der Waals surface area contributed by atoms with E-state index in [0.29, 0.717) is 16.1 Å². The van der Waals surface area contributed by atoms with Crippen LogP contribution < -0.4 is 5.69 Å². The first-order valence-electron chi connectivity index (χ1n) is 6.79. The lowest BCUT2D eigenvalue weighted by molar-refractivity contribution is 0.467. The largest absolute Gasteiger partial charge is 0.323 e. The first kappa shape index (κ1) is 15.8. The Morgan fingerprint density at radius 3 is 2.57 bits per heavy atom. The van der Waals surface area contributed by atoms with E-state index < -0.39 is 10.0 Å². The highest BCUT2D eigenvalue weighted by molar-refractivity contribution is 7.89. The van der Waals surface area contributed by atoms with Gasteiger partial charge in [-0.3, -0.25) is 0 Å². The number of halogens is 1. The van der Waals surface area contributed by atoms with E-state index in [1.165, 1.54) is 23.5 Å². The minimum atomic E-state index is -3.68. The van der Waals surface area contributed by atoms with Crippen LogP contribution in [-0.2, 0) is 16.6 Å². The highest BCUT2D eigenvalue weighted by Crippen LogP contribution is 2.20. The van der Waals surface area contributed by atoms with E-state index in [4.69, 9.17) is 11.6 Å². The number of H-pyrrole nitrogens is 2. The molecule has 0 amide bonds. The molecule has 6 nitrogen and oxygen atoms in total. The number of aromatic amines is 2. The number of nitrogens with one attached hydrogen (secondary N) is 2. The van der Waals surface area contributed by atoms with Crippen molar-refractivity contribution in [3.8, 4) is 0 Å². The van der Waals surface area contributed by atoms with Gasteiger partial charge in [0.1, 0.15) is 0 Å². The van der Waals surface area contributed by atoms with E-state index in [-0.39, 0.29) is 17.1 Å². The third-order valence-electron chi connectivity index (χ3n) is 3.49. The molecule has 2 aromatic carbocycles. The number of imidazole rings is 1. The molecule has 0 aliphatic heterocycles. The highest BCUT2D eigenvalue weighted by atomic mass is 35.5. The van der Waals surface area contributed by atoms with Crippen LogP contribution in [-0.4, -0.2) is 29.7 Å². The molecular formula is C15H14ClN3O3S. The molecule has 0 saturated heterocycles. The molecule has 2 N–H and O–H groups in total. The third-order valence-corrected chi connectivity index (χ3v) is 5.52. The SMILES string of the molecule is CN(Cc1cccc(Cl)c1)S(=O)(=O)c1ccc2[nH]c(=O)[nH]c2c1. The second-order valence-electron chi connectivity index (χ2n) is 5.18. The lowest BCUT2D eigenvalue weighted by atomic mass is 10.2. The Labute approximate surface area is 137 Å². The summed E-state index contributed by atoms with van der Waals surface area (Å²) in [5.74, 6) is 0. The fourth-order valence-electron chi connectivity index (χ4n) is 2.33. The molecule has 3 aromatic rings. The maximum atomic E-state index is 12.7. The van der Waals surface area contributed by atoms with Gasteiger partial charge in [-0.2, -0.15) is 4.31 Å². The molecule has 8 heteroatoms. The average Bonchev–Trinajstić information content (AvgIpc) is 2.86. The van der Waals surface area contributed by atoms with Gasteiger partial charge in [-0.1, -0.05) is 23.7 Å². The van der Waals surface area contributed by atoms with Gasteiger partial charge >= 0.3 is 5.69 Å². The molecular weight excluding hydrogens is 338 g/mol. The molecule has 0 aliphatic carbocycles. The van der Waals surface area contributed by atoms with Gasteiger partial charge in [0.2, 0.25) is 10.0 Å². The monoisotopic (exact) mass is 351 g/mol. The predicted molar refractivity (Wildman–Crippen MR) is 89.0 cm³/mol. The van der Waals surface area contributed by atoms with Crippen LogP contribution in [0.4, 0.5) is 0 Å². The Balaban J connectivity index is 1.93. The topological polar surface area (TPSA) is 86.0 Å². The molecule has 1 heterocycles. The van der Waals surface area contributed by atoms with Crippen LogP contribution in [0.3, 0.4) is 0 Å². The summed E-state index contributed by atoms with van der Waals surface area (Å²) < 4.78 is 26.6. The van der Waals surface area contributed by atoms with E-state index in [0.717, 1.165) is 5.56 Å². The predicted octanol–water partition coefficient (Wildman–Crippen LogP) is 2.33. The van der Waals surface area contributed by atoms with E-state index >= 15 is 0 Å². The fourth-order valence-corrected chi connectivity index (χ4v) is 3.73. The van der Waals surface area contributed by atoms with Crippen LogP contribution in [0.15, 0.2) is 52.2 Å². The molecule has 23 heavy (non-hydrogen) atoms. The van der Waals surface area contributed by atoms with Gasteiger partial charge in [0.25, 0.3) is 0 Å². The molecule has 0 radical (unpaired) electrons. The van der Waals surface area contributed by atoms with Crippen molar-refractivity contribution < 1.29 is 8.42 Å². The van der Waals surface area contributed by atoms with Gasteiger partial charge in [-0.05, 0) is 35.9 Å². The molecule has 0 spiro atoms. The maximum Gasteiger partial charge on any atom is 0.323 e. The summed E-state index contributed by atoms with van der Waals surface area (Å²) in [6.45, 7) is 0.199. The normalized spacial score (nSPS) is 12.1. The summed E-state index contributed by atoms with van der Waals surface area (Å²) >= 11 is 5.92. The first-order valence-corrected chi connectivity index (χ1v) is 8.61. The Kier molecular flexibility index (Phi) is 4.01. The lowest BCUT2D eigenvalue weighted by Gasteiger charge is -2.17. The summed E-state index contributed by atoms with van der Waals surface area (Å²) in [6.07, 6.45) is 0. The third kappa shape index (κ3) is 3.17. The van der Waals surface area contributed by atoms with Crippen molar-refractivity contribution in [1.82, 2.24) is 14.3 Å². The summed E-state index contributed by atoms with van der Waals surface area (Å²) in [7, 11) is -2.18. The minimum Gasteiger partial charge on any atom is -0.306 e. The van der Waals surface area contributed by atoms with Gasteiger partial charge in [0, 0.05) is 18.6 Å². The molecule has 0 aliphatic rings. The van der Waals surface area contributed by atoms with Crippen LogP contribution in [0.5, 0.6) is 0 Å². The molecule has 0 fully saturated rings. The van der Waals surface area contributed by atoms with Crippen molar-refractivity contribution in [3.05, 3.63) is 63.5 Å². The minimum absolute atomic E-state index is 0.116. The van der Waals surface area contributed by atoms with E-state index in [2.05, 4.69) is 9.97 Å². The zero-order valence-electron chi connectivity index (χ0n) is 12.2. The number of rotatable bonds is 4. The van der Waals surface area contributed by atoms with Crippen molar-refractivity contribution in [1.29, 1.82) is 0 Å². The van der Waals surface area contributed by atoms with E-state index in [9.17, 15) is 13.2 Å². The Hall–Kier alpha value is -2.09. The number of aromatic nitrogens is 2. The molecule has 3 rings (SSSR count). The van der Waals surface area contributed by atoms with Crippen LogP contribution in [0.2, 0.25) is 5.02 Å². The second-order valence-corrected chi connectivity index (χ2v) is 7.66. The zero-order chi connectivity index (χ0) is 16.6. The molecule has 0 bridgehead atoms. The van der Waals surface area contributed by atoms with Gasteiger partial charge in [-0.25, -0.2) is 13.2 Å². The molecule has 0 atom stereocenters. The molecule has 0 unspecified atom stereocenters. The molecule has 120 valence electrons. The summed E-state index contributed by atoms with van der Waals surface area (Å²) in [5, 5.41) is 0.555. The van der Waals surface area contributed by atoms with Crippen molar-refractivity contribution in [2.75, 3.05) is 7.05 Å². The zero-order valence-corrected chi connectivity index (χ0v) is 13.8. The highest BCUT2D eigenvalue weighted by Gasteiger charge is 2.21. The number of benzene rings is 2. The van der Waals surface area contributed by atoms with E-state index in [1.807, 2.05) is 6.07 Å². The average molecular weight is 352 g/mol. The van der Waals surface area contributed by atoms with Crippen LogP contribution in [0, 0.1) is 0 Å². The van der Waals surface area contributed by atoms with Crippen molar-refractivity contribution in [3.63, 3.8) is 0 Å². The smallest absolute Gasteiger partial charge is 0.306 e.